The van der Waals surface area contributed by atoms with Crippen molar-refractivity contribution < 1.29 is 9.53 Å². The number of hydrogen-bond donors (Lipinski definition) is 2. The maximum absolute atomic E-state index is 12.0. The zero-order chi connectivity index (χ0) is 14.5. The summed E-state index contributed by atoms with van der Waals surface area (Å²) in [4.78, 5) is 12.0. The second kappa shape index (κ2) is 6.52. The molecule has 0 atom stereocenters. The number of hydrogen-bond acceptors (Lipinski definition) is 3. The molecule has 0 spiro atoms. The van der Waals surface area contributed by atoms with E-state index in [9.17, 15) is 4.79 Å². The Hall–Kier alpha value is -1.88. The lowest BCUT2D eigenvalue weighted by Gasteiger charge is -2.20. The molecule has 5 heteroatoms. The summed E-state index contributed by atoms with van der Waals surface area (Å²) in [6.07, 6.45) is 1.00. The quantitative estimate of drug-likeness (QED) is 0.656. The van der Waals surface area contributed by atoms with Crippen LogP contribution in [-0.4, -0.2) is 17.6 Å². The van der Waals surface area contributed by atoms with Gasteiger partial charge in [-0.25, -0.2) is 4.79 Å². The molecular formula is C15H18N2O2S. The minimum absolute atomic E-state index is 0.282. The number of nitrogens with one attached hydrogen (secondary N) is 2. The summed E-state index contributed by atoms with van der Waals surface area (Å²) in [5.41, 5.74) is 3.60. The van der Waals surface area contributed by atoms with Crippen molar-refractivity contribution in [3.8, 4) is 0 Å². The maximum atomic E-state index is 12.0. The van der Waals surface area contributed by atoms with Gasteiger partial charge in [-0.2, -0.15) is 0 Å². The standard InChI is InChI=1S/C15H18N2O2S/c1-3-11-4-6-12(7-5-11)9-19-14(18)13-8-16-15(20)17-10(13)2/h4-7H,3,8-9H2,1-2H3,(H2,16,17,20). The average Bonchev–Trinajstić information content (AvgIpc) is 2.45. The van der Waals surface area contributed by atoms with Gasteiger partial charge < -0.3 is 15.4 Å². The van der Waals surface area contributed by atoms with Crippen LogP contribution in [0.2, 0.25) is 0 Å². The summed E-state index contributed by atoms with van der Waals surface area (Å²) in [5.74, 6) is -0.315. The summed E-state index contributed by atoms with van der Waals surface area (Å²) >= 11 is 4.98. The lowest BCUT2D eigenvalue weighted by atomic mass is 10.1. The van der Waals surface area contributed by atoms with E-state index in [2.05, 4.69) is 29.7 Å². The van der Waals surface area contributed by atoms with Gasteiger partial charge in [0.15, 0.2) is 5.11 Å². The highest BCUT2D eigenvalue weighted by Gasteiger charge is 2.19. The molecular weight excluding hydrogens is 272 g/mol. The summed E-state index contributed by atoms with van der Waals surface area (Å²) in [7, 11) is 0. The van der Waals surface area contributed by atoms with Crippen molar-refractivity contribution >= 4 is 23.3 Å². The van der Waals surface area contributed by atoms with Crippen LogP contribution in [0.4, 0.5) is 0 Å². The first-order chi connectivity index (χ1) is 9.60. The van der Waals surface area contributed by atoms with Crippen molar-refractivity contribution in [2.45, 2.75) is 26.9 Å². The molecule has 0 unspecified atom stereocenters. The molecule has 0 saturated heterocycles. The molecule has 0 aromatic heterocycles. The third kappa shape index (κ3) is 3.57. The van der Waals surface area contributed by atoms with E-state index in [4.69, 9.17) is 17.0 Å². The third-order valence-corrected chi connectivity index (χ3v) is 3.47. The van der Waals surface area contributed by atoms with Crippen molar-refractivity contribution in [3.63, 3.8) is 0 Å². The van der Waals surface area contributed by atoms with Crippen LogP contribution in [-0.2, 0) is 22.6 Å². The molecule has 0 bridgehead atoms. The van der Waals surface area contributed by atoms with Gasteiger partial charge in [0.2, 0.25) is 0 Å². The summed E-state index contributed by atoms with van der Waals surface area (Å²) in [6.45, 7) is 4.62. The number of carbonyl (C=O) groups is 1. The number of rotatable bonds is 4. The van der Waals surface area contributed by atoms with Crippen LogP contribution >= 0.6 is 12.2 Å². The van der Waals surface area contributed by atoms with Gasteiger partial charge in [-0.1, -0.05) is 31.2 Å². The third-order valence-electron chi connectivity index (χ3n) is 3.23. The van der Waals surface area contributed by atoms with E-state index in [0.717, 1.165) is 17.7 Å². The Balaban J connectivity index is 1.94. The molecule has 1 heterocycles. The highest BCUT2D eigenvalue weighted by Crippen LogP contribution is 2.10. The summed E-state index contributed by atoms with van der Waals surface area (Å²) in [5, 5.41) is 6.38. The van der Waals surface area contributed by atoms with Gasteiger partial charge in [0.25, 0.3) is 0 Å². The maximum Gasteiger partial charge on any atom is 0.337 e. The largest absolute Gasteiger partial charge is 0.457 e. The van der Waals surface area contributed by atoms with E-state index < -0.39 is 0 Å². The van der Waals surface area contributed by atoms with Crippen LogP contribution in [0, 0.1) is 0 Å². The van der Waals surface area contributed by atoms with Crippen LogP contribution in [0.25, 0.3) is 0 Å². The molecule has 2 rings (SSSR count). The van der Waals surface area contributed by atoms with E-state index >= 15 is 0 Å². The van der Waals surface area contributed by atoms with E-state index in [1.165, 1.54) is 5.56 Å². The van der Waals surface area contributed by atoms with Gasteiger partial charge in [0, 0.05) is 5.70 Å². The Labute approximate surface area is 124 Å². The fraction of sp³-hybridized carbons (Fsp3) is 0.333. The van der Waals surface area contributed by atoms with Crippen LogP contribution < -0.4 is 10.6 Å². The number of aryl methyl sites for hydroxylation is 1. The molecule has 0 amide bonds. The number of benzene rings is 1. The minimum Gasteiger partial charge on any atom is -0.457 e. The molecule has 0 aliphatic carbocycles. The Bertz CT molecular complexity index is 549. The number of ether oxygens (including phenoxy) is 1. The normalized spacial score (nSPS) is 14.6. The van der Waals surface area contributed by atoms with Crippen molar-refractivity contribution in [2.24, 2.45) is 0 Å². The Morgan fingerprint density at radius 2 is 1.95 bits per heavy atom. The Morgan fingerprint density at radius 1 is 1.30 bits per heavy atom. The highest BCUT2D eigenvalue weighted by molar-refractivity contribution is 7.80. The second-order valence-electron chi connectivity index (χ2n) is 4.66. The number of carbonyl (C=O) groups excluding carboxylic acids is 1. The number of thiocarbonyl (C=S) groups is 1. The first-order valence-electron chi connectivity index (χ1n) is 6.59. The molecule has 4 nitrogen and oxygen atoms in total. The summed E-state index contributed by atoms with van der Waals surface area (Å²) in [6, 6.07) is 8.07. The number of allylic oxidation sites excluding steroid dienone is 1. The fourth-order valence-corrected chi connectivity index (χ4v) is 2.15. The topological polar surface area (TPSA) is 50.4 Å². The zero-order valence-corrected chi connectivity index (χ0v) is 12.5. The second-order valence-corrected chi connectivity index (χ2v) is 5.07. The molecule has 1 aromatic carbocycles. The molecule has 20 heavy (non-hydrogen) atoms. The Kier molecular flexibility index (Phi) is 4.74. The van der Waals surface area contributed by atoms with Gasteiger partial charge in [-0.05, 0) is 36.7 Å². The van der Waals surface area contributed by atoms with Crippen LogP contribution in [0.3, 0.4) is 0 Å². The SMILES string of the molecule is CCc1ccc(COC(=O)C2=C(C)NC(=S)NC2)cc1. The van der Waals surface area contributed by atoms with Crippen molar-refractivity contribution in [2.75, 3.05) is 6.54 Å². The van der Waals surface area contributed by atoms with Crippen LogP contribution in [0.5, 0.6) is 0 Å². The number of esters is 1. The zero-order valence-electron chi connectivity index (χ0n) is 11.7. The smallest absolute Gasteiger partial charge is 0.337 e. The van der Waals surface area contributed by atoms with Crippen molar-refractivity contribution in [1.29, 1.82) is 0 Å². The molecule has 0 saturated carbocycles. The molecule has 1 aliphatic rings. The van der Waals surface area contributed by atoms with E-state index in [1.54, 1.807) is 0 Å². The van der Waals surface area contributed by atoms with E-state index in [1.807, 2.05) is 19.1 Å². The summed E-state index contributed by atoms with van der Waals surface area (Å²) < 4.78 is 5.33. The van der Waals surface area contributed by atoms with Crippen molar-refractivity contribution in [1.82, 2.24) is 10.6 Å². The van der Waals surface area contributed by atoms with Gasteiger partial charge in [-0.3, -0.25) is 0 Å². The van der Waals surface area contributed by atoms with E-state index in [-0.39, 0.29) is 12.6 Å². The Morgan fingerprint density at radius 3 is 2.55 bits per heavy atom. The monoisotopic (exact) mass is 290 g/mol. The molecule has 0 fully saturated rings. The van der Waals surface area contributed by atoms with E-state index in [0.29, 0.717) is 17.2 Å². The average molecular weight is 290 g/mol. The van der Waals surface area contributed by atoms with Gasteiger partial charge in [0.05, 0.1) is 12.1 Å². The fourth-order valence-electron chi connectivity index (χ4n) is 1.92. The lowest BCUT2D eigenvalue weighted by Crippen LogP contribution is -2.42. The molecule has 1 aromatic rings. The molecule has 0 radical (unpaired) electrons. The molecule has 2 N–H and O–H groups in total. The first kappa shape index (κ1) is 14.5. The lowest BCUT2D eigenvalue weighted by molar-refractivity contribution is -0.140. The molecule has 1 aliphatic heterocycles. The van der Waals surface area contributed by atoms with Gasteiger partial charge in [-0.15, -0.1) is 0 Å². The predicted molar refractivity (Wildman–Crippen MR) is 82.1 cm³/mol. The highest BCUT2D eigenvalue weighted by atomic mass is 32.1. The van der Waals surface area contributed by atoms with Gasteiger partial charge in [0.1, 0.15) is 6.61 Å². The predicted octanol–water partition coefficient (Wildman–Crippen LogP) is 2.04. The van der Waals surface area contributed by atoms with Crippen LogP contribution in [0.1, 0.15) is 25.0 Å². The first-order valence-corrected chi connectivity index (χ1v) is 7.00. The molecule has 106 valence electrons. The minimum atomic E-state index is -0.315. The van der Waals surface area contributed by atoms with Crippen molar-refractivity contribution in [3.05, 3.63) is 46.7 Å². The van der Waals surface area contributed by atoms with Gasteiger partial charge >= 0.3 is 5.97 Å². The van der Waals surface area contributed by atoms with Crippen LogP contribution in [0.15, 0.2) is 35.5 Å².